The second-order valence-electron chi connectivity index (χ2n) is 2.88. The number of hydrogen-bond acceptors (Lipinski definition) is 3. The highest BCUT2D eigenvalue weighted by Crippen LogP contribution is 2.10. The molecule has 0 saturated carbocycles. The summed E-state index contributed by atoms with van der Waals surface area (Å²) in [6.45, 7) is 3.11. The number of likely N-dealkylation sites (N-methyl/N-ethyl adjacent to an activating group) is 1. The van der Waals surface area contributed by atoms with Crippen LogP contribution >= 0.6 is 0 Å². The van der Waals surface area contributed by atoms with Crippen molar-refractivity contribution in [2.24, 2.45) is 0 Å². The fraction of sp³-hybridized carbons (Fsp3) is 0.667. The largest absolute Gasteiger partial charge is 0.361 e. The van der Waals surface area contributed by atoms with Gasteiger partial charge in [-0.15, -0.1) is 0 Å². The van der Waals surface area contributed by atoms with Crippen LogP contribution < -0.4 is 5.32 Å². The minimum Gasteiger partial charge on any atom is -0.361 e. The normalized spacial score (nSPS) is 10.5. The van der Waals surface area contributed by atoms with E-state index in [0.717, 1.165) is 31.6 Å². The molecule has 0 saturated heterocycles. The van der Waals surface area contributed by atoms with Crippen LogP contribution in [0.3, 0.4) is 0 Å². The summed E-state index contributed by atoms with van der Waals surface area (Å²) in [5.41, 5.74) is 1.26. The first-order valence-corrected chi connectivity index (χ1v) is 4.45. The van der Waals surface area contributed by atoms with Gasteiger partial charge in [0.1, 0.15) is 5.76 Å². The molecule has 0 aliphatic heterocycles. The van der Waals surface area contributed by atoms with E-state index in [9.17, 15) is 0 Å². The molecule has 1 rings (SSSR count). The van der Waals surface area contributed by atoms with Gasteiger partial charge in [0, 0.05) is 18.5 Å². The molecule has 0 atom stereocenters. The zero-order chi connectivity index (χ0) is 8.81. The van der Waals surface area contributed by atoms with Crippen LogP contribution in [-0.2, 0) is 12.8 Å². The summed E-state index contributed by atoms with van der Waals surface area (Å²) in [5, 5.41) is 6.88. The van der Waals surface area contributed by atoms with E-state index in [0.29, 0.717) is 0 Å². The smallest absolute Gasteiger partial charge is 0.141 e. The Hall–Kier alpha value is -0.830. The van der Waals surface area contributed by atoms with Gasteiger partial charge in [0.2, 0.25) is 0 Å². The standard InChI is InChI=1S/C9H16N2O/c1-3-4-8-7-11-12-9(8)5-6-10-2/h7,10H,3-6H2,1-2H3. The fourth-order valence-electron chi connectivity index (χ4n) is 1.20. The van der Waals surface area contributed by atoms with Gasteiger partial charge in [-0.3, -0.25) is 0 Å². The molecule has 3 heteroatoms. The minimum atomic E-state index is 0.936. The van der Waals surface area contributed by atoms with E-state index < -0.39 is 0 Å². The molecule has 0 aliphatic carbocycles. The van der Waals surface area contributed by atoms with Crippen LogP contribution in [0.25, 0.3) is 0 Å². The maximum absolute atomic E-state index is 5.13. The first-order chi connectivity index (χ1) is 5.88. The van der Waals surface area contributed by atoms with Crippen LogP contribution in [0, 0.1) is 0 Å². The zero-order valence-electron chi connectivity index (χ0n) is 7.76. The Morgan fingerprint density at radius 3 is 3.00 bits per heavy atom. The molecular weight excluding hydrogens is 152 g/mol. The Morgan fingerprint density at radius 1 is 1.50 bits per heavy atom. The lowest BCUT2D eigenvalue weighted by Crippen LogP contribution is -2.10. The summed E-state index contributed by atoms with van der Waals surface area (Å²) in [5.74, 6) is 1.03. The third-order valence-electron chi connectivity index (χ3n) is 1.85. The average molecular weight is 168 g/mol. The van der Waals surface area contributed by atoms with Gasteiger partial charge >= 0.3 is 0 Å². The molecule has 0 bridgehead atoms. The second-order valence-corrected chi connectivity index (χ2v) is 2.88. The second kappa shape index (κ2) is 4.93. The van der Waals surface area contributed by atoms with E-state index in [2.05, 4.69) is 17.4 Å². The predicted octanol–water partition coefficient (Wildman–Crippen LogP) is 1.39. The summed E-state index contributed by atoms with van der Waals surface area (Å²) in [6, 6.07) is 0. The molecule has 68 valence electrons. The van der Waals surface area contributed by atoms with Crippen molar-refractivity contribution in [3.63, 3.8) is 0 Å². The quantitative estimate of drug-likeness (QED) is 0.722. The molecule has 0 unspecified atom stereocenters. The average Bonchev–Trinajstić information content (AvgIpc) is 2.50. The van der Waals surface area contributed by atoms with E-state index in [1.54, 1.807) is 0 Å². The summed E-state index contributed by atoms with van der Waals surface area (Å²) in [6.07, 6.45) is 4.98. The van der Waals surface area contributed by atoms with Gasteiger partial charge in [0.05, 0.1) is 6.20 Å². The van der Waals surface area contributed by atoms with Crippen molar-refractivity contribution < 1.29 is 4.52 Å². The van der Waals surface area contributed by atoms with E-state index >= 15 is 0 Å². The first-order valence-electron chi connectivity index (χ1n) is 4.45. The number of nitrogens with one attached hydrogen (secondary N) is 1. The summed E-state index contributed by atoms with van der Waals surface area (Å²) in [7, 11) is 1.94. The van der Waals surface area contributed by atoms with Crippen molar-refractivity contribution in [1.29, 1.82) is 0 Å². The van der Waals surface area contributed by atoms with Crippen LogP contribution in [0.4, 0.5) is 0 Å². The van der Waals surface area contributed by atoms with Crippen LogP contribution in [-0.4, -0.2) is 18.7 Å². The monoisotopic (exact) mass is 168 g/mol. The Kier molecular flexibility index (Phi) is 3.80. The van der Waals surface area contributed by atoms with Crippen LogP contribution in [0.1, 0.15) is 24.7 Å². The lowest BCUT2D eigenvalue weighted by Gasteiger charge is -1.97. The number of aromatic nitrogens is 1. The fourth-order valence-corrected chi connectivity index (χ4v) is 1.20. The van der Waals surface area contributed by atoms with Gasteiger partial charge in [-0.05, 0) is 13.5 Å². The van der Waals surface area contributed by atoms with Crippen LogP contribution in [0.5, 0.6) is 0 Å². The Morgan fingerprint density at radius 2 is 2.33 bits per heavy atom. The topological polar surface area (TPSA) is 38.1 Å². The van der Waals surface area contributed by atoms with Crippen molar-refractivity contribution in [3.8, 4) is 0 Å². The van der Waals surface area contributed by atoms with E-state index in [-0.39, 0.29) is 0 Å². The summed E-state index contributed by atoms with van der Waals surface area (Å²) >= 11 is 0. The number of rotatable bonds is 5. The van der Waals surface area contributed by atoms with Gasteiger partial charge in [-0.2, -0.15) is 0 Å². The molecule has 0 radical (unpaired) electrons. The van der Waals surface area contributed by atoms with Crippen LogP contribution in [0.15, 0.2) is 10.7 Å². The lowest BCUT2D eigenvalue weighted by molar-refractivity contribution is 0.380. The third kappa shape index (κ3) is 2.34. The zero-order valence-corrected chi connectivity index (χ0v) is 7.76. The molecular formula is C9H16N2O. The maximum Gasteiger partial charge on any atom is 0.141 e. The van der Waals surface area contributed by atoms with Gasteiger partial charge < -0.3 is 9.84 Å². The molecule has 0 spiro atoms. The molecule has 1 aromatic rings. The Balaban J connectivity index is 2.51. The SMILES string of the molecule is CCCc1cnoc1CCNC. The Bertz CT molecular complexity index is 220. The highest BCUT2D eigenvalue weighted by atomic mass is 16.5. The molecule has 1 N–H and O–H groups in total. The van der Waals surface area contributed by atoms with Gasteiger partial charge in [-0.1, -0.05) is 18.5 Å². The molecule has 0 fully saturated rings. The molecule has 0 aromatic carbocycles. The number of hydrogen-bond donors (Lipinski definition) is 1. The van der Waals surface area contributed by atoms with Crippen molar-refractivity contribution in [3.05, 3.63) is 17.5 Å². The molecule has 0 aliphatic rings. The number of nitrogens with zero attached hydrogens (tertiary/aromatic N) is 1. The van der Waals surface area contributed by atoms with E-state index in [1.165, 1.54) is 5.56 Å². The van der Waals surface area contributed by atoms with Crippen molar-refractivity contribution >= 4 is 0 Å². The first kappa shape index (κ1) is 9.26. The third-order valence-corrected chi connectivity index (χ3v) is 1.85. The van der Waals surface area contributed by atoms with Gasteiger partial charge in [-0.25, -0.2) is 0 Å². The summed E-state index contributed by atoms with van der Waals surface area (Å²) in [4.78, 5) is 0. The van der Waals surface area contributed by atoms with E-state index in [1.807, 2.05) is 13.2 Å². The lowest BCUT2D eigenvalue weighted by atomic mass is 10.1. The molecule has 0 amide bonds. The molecule has 12 heavy (non-hydrogen) atoms. The van der Waals surface area contributed by atoms with Gasteiger partial charge in [0.25, 0.3) is 0 Å². The minimum absolute atomic E-state index is 0.936. The molecule has 1 heterocycles. The van der Waals surface area contributed by atoms with E-state index in [4.69, 9.17) is 4.52 Å². The highest BCUT2D eigenvalue weighted by molar-refractivity contribution is 5.13. The Labute approximate surface area is 73.1 Å². The van der Waals surface area contributed by atoms with Crippen molar-refractivity contribution in [2.75, 3.05) is 13.6 Å². The maximum atomic E-state index is 5.13. The predicted molar refractivity (Wildman–Crippen MR) is 48.1 cm³/mol. The van der Waals surface area contributed by atoms with Gasteiger partial charge in [0.15, 0.2) is 0 Å². The van der Waals surface area contributed by atoms with Crippen molar-refractivity contribution in [2.45, 2.75) is 26.2 Å². The van der Waals surface area contributed by atoms with Crippen LogP contribution in [0.2, 0.25) is 0 Å². The molecule has 1 aromatic heterocycles. The summed E-state index contributed by atoms with van der Waals surface area (Å²) < 4.78 is 5.13. The van der Waals surface area contributed by atoms with Crippen molar-refractivity contribution in [1.82, 2.24) is 10.5 Å². The highest BCUT2D eigenvalue weighted by Gasteiger charge is 2.05. The number of aryl methyl sites for hydroxylation is 1. The molecule has 3 nitrogen and oxygen atoms in total.